The third-order valence-electron chi connectivity index (χ3n) is 4.24. The van der Waals surface area contributed by atoms with Gasteiger partial charge in [-0.25, -0.2) is 14.6 Å². The third-order valence-corrected chi connectivity index (χ3v) is 4.74. The Morgan fingerprint density at radius 3 is 2.76 bits per heavy atom. The van der Waals surface area contributed by atoms with E-state index in [1.807, 2.05) is 35.1 Å². The summed E-state index contributed by atoms with van der Waals surface area (Å²) in [5, 5.41) is 8.82. The Kier molecular flexibility index (Phi) is 6.39. The van der Waals surface area contributed by atoms with Crippen molar-refractivity contribution in [3.63, 3.8) is 0 Å². The van der Waals surface area contributed by atoms with E-state index in [1.54, 1.807) is 6.33 Å². The molecule has 0 aliphatic heterocycles. The largest absolute Gasteiger partial charge is 0.339 e. The highest BCUT2D eigenvalue weighted by molar-refractivity contribution is 9.10. The van der Waals surface area contributed by atoms with E-state index >= 15 is 0 Å². The van der Waals surface area contributed by atoms with Crippen molar-refractivity contribution in [1.29, 1.82) is 0 Å². The lowest BCUT2D eigenvalue weighted by Gasteiger charge is -2.07. The van der Waals surface area contributed by atoms with Crippen molar-refractivity contribution in [2.45, 2.75) is 52.0 Å². The Labute approximate surface area is 157 Å². The molecule has 0 saturated carbocycles. The predicted molar refractivity (Wildman–Crippen MR) is 106 cm³/mol. The van der Waals surface area contributed by atoms with Gasteiger partial charge >= 0.3 is 0 Å². The van der Waals surface area contributed by atoms with E-state index in [4.69, 9.17) is 0 Å². The zero-order chi connectivity index (χ0) is 17.5. The van der Waals surface area contributed by atoms with Gasteiger partial charge in [-0.1, -0.05) is 61.0 Å². The zero-order valence-electron chi connectivity index (χ0n) is 14.6. The van der Waals surface area contributed by atoms with E-state index in [-0.39, 0.29) is 0 Å². The Hall–Kier alpha value is -1.95. The highest BCUT2D eigenvalue weighted by Gasteiger charge is 2.10. The molecule has 0 unspecified atom stereocenters. The average molecular weight is 402 g/mol. The summed E-state index contributed by atoms with van der Waals surface area (Å²) in [7, 11) is 0. The van der Waals surface area contributed by atoms with Crippen LogP contribution in [0.4, 0.5) is 11.5 Å². The Morgan fingerprint density at radius 2 is 1.92 bits per heavy atom. The van der Waals surface area contributed by atoms with Crippen molar-refractivity contribution < 1.29 is 0 Å². The summed E-state index contributed by atoms with van der Waals surface area (Å²) >= 11 is 3.49. The molecule has 0 aliphatic rings. The molecule has 5 nitrogen and oxygen atoms in total. The molecular formula is C19H24BrN5. The third kappa shape index (κ3) is 4.78. The van der Waals surface area contributed by atoms with Gasteiger partial charge in [-0.3, -0.25) is 0 Å². The molecule has 0 fully saturated rings. The van der Waals surface area contributed by atoms with Crippen LogP contribution in [0.3, 0.4) is 0 Å². The number of anilines is 2. The topological polar surface area (TPSA) is 55.6 Å². The van der Waals surface area contributed by atoms with E-state index in [0.717, 1.165) is 40.0 Å². The summed E-state index contributed by atoms with van der Waals surface area (Å²) in [6.07, 6.45) is 11.1. The number of rotatable bonds is 9. The van der Waals surface area contributed by atoms with E-state index in [2.05, 4.69) is 43.2 Å². The van der Waals surface area contributed by atoms with E-state index in [9.17, 15) is 0 Å². The number of hydrogen-bond acceptors (Lipinski definition) is 4. The average Bonchev–Trinajstić information content (AvgIpc) is 3.02. The minimum atomic E-state index is 0.789. The molecule has 1 N–H and O–H groups in total. The van der Waals surface area contributed by atoms with Gasteiger partial charge in [-0.05, 0) is 24.6 Å². The Morgan fingerprint density at radius 1 is 1.08 bits per heavy atom. The van der Waals surface area contributed by atoms with Gasteiger partial charge in [0, 0.05) is 16.7 Å². The molecule has 132 valence electrons. The number of halogens is 1. The molecule has 0 amide bonds. The molecule has 0 atom stereocenters. The molecule has 25 heavy (non-hydrogen) atoms. The van der Waals surface area contributed by atoms with Crippen LogP contribution < -0.4 is 5.32 Å². The van der Waals surface area contributed by atoms with Crippen molar-refractivity contribution in [1.82, 2.24) is 19.7 Å². The fourth-order valence-corrected chi connectivity index (χ4v) is 3.30. The maximum atomic E-state index is 4.51. The van der Waals surface area contributed by atoms with Crippen LogP contribution in [-0.4, -0.2) is 19.7 Å². The summed E-state index contributed by atoms with van der Waals surface area (Å²) in [6, 6.07) is 8.03. The smallest absolute Gasteiger partial charge is 0.163 e. The number of benzene rings is 1. The summed E-state index contributed by atoms with van der Waals surface area (Å²) in [6.45, 7) is 3.15. The van der Waals surface area contributed by atoms with Crippen LogP contribution in [-0.2, 0) is 6.54 Å². The first-order chi connectivity index (χ1) is 12.3. The number of aryl methyl sites for hydroxylation is 1. The zero-order valence-corrected chi connectivity index (χ0v) is 16.2. The fraction of sp³-hybridized carbons (Fsp3) is 0.421. The lowest BCUT2D eigenvalue weighted by Crippen LogP contribution is -2.02. The van der Waals surface area contributed by atoms with Crippen LogP contribution in [0, 0.1) is 0 Å². The maximum Gasteiger partial charge on any atom is 0.163 e. The van der Waals surface area contributed by atoms with Crippen LogP contribution in [0.25, 0.3) is 11.0 Å². The molecule has 0 radical (unpaired) electrons. The Balaban J connectivity index is 1.67. The van der Waals surface area contributed by atoms with Crippen molar-refractivity contribution in [2.75, 3.05) is 5.32 Å². The Bertz CT molecular complexity index is 814. The predicted octanol–water partition coefficient (Wildman–Crippen LogP) is 5.69. The number of hydrogen-bond donors (Lipinski definition) is 1. The normalized spacial score (nSPS) is 11.1. The van der Waals surface area contributed by atoms with Gasteiger partial charge in [-0.15, -0.1) is 0 Å². The molecule has 1 aromatic carbocycles. The molecule has 6 heteroatoms. The molecule has 3 rings (SSSR count). The van der Waals surface area contributed by atoms with Gasteiger partial charge in [-0.2, -0.15) is 5.10 Å². The highest BCUT2D eigenvalue weighted by Crippen LogP contribution is 2.24. The fourth-order valence-electron chi connectivity index (χ4n) is 2.90. The molecule has 2 heterocycles. The first-order valence-electron chi connectivity index (χ1n) is 8.97. The maximum absolute atomic E-state index is 4.51. The molecule has 3 aromatic rings. The van der Waals surface area contributed by atoms with Crippen LogP contribution in [0.1, 0.15) is 45.4 Å². The molecule has 0 saturated heterocycles. The monoisotopic (exact) mass is 401 g/mol. The standard InChI is InChI=1S/C19H24BrN5/c1-2-3-4-5-6-7-11-25-19-17(13-23-25)18(21-14-22-19)24-16-10-8-9-15(20)12-16/h8-10,12-14H,2-7,11H2,1H3,(H,21,22,24). The van der Waals surface area contributed by atoms with E-state index in [0.29, 0.717) is 0 Å². The van der Waals surface area contributed by atoms with E-state index in [1.165, 1.54) is 32.1 Å². The van der Waals surface area contributed by atoms with Crippen molar-refractivity contribution in [3.8, 4) is 0 Å². The summed E-state index contributed by atoms with van der Waals surface area (Å²) < 4.78 is 3.02. The molecule has 0 aliphatic carbocycles. The van der Waals surface area contributed by atoms with Gasteiger partial charge in [0.15, 0.2) is 5.65 Å². The summed E-state index contributed by atoms with van der Waals surface area (Å²) in [5.41, 5.74) is 1.87. The lowest BCUT2D eigenvalue weighted by atomic mass is 10.1. The summed E-state index contributed by atoms with van der Waals surface area (Å²) in [5.74, 6) is 0.789. The van der Waals surface area contributed by atoms with Gasteiger partial charge in [0.05, 0.1) is 11.6 Å². The summed E-state index contributed by atoms with van der Waals surface area (Å²) in [4.78, 5) is 8.81. The first kappa shape index (κ1) is 17.9. The molecule has 2 aromatic heterocycles. The van der Waals surface area contributed by atoms with Crippen molar-refractivity contribution in [2.24, 2.45) is 0 Å². The second-order valence-electron chi connectivity index (χ2n) is 6.23. The van der Waals surface area contributed by atoms with E-state index < -0.39 is 0 Å². The van der Waals surface area contributed by atoms with Crippen molar-refractivity contribution >= 4 is 38.5 Å². The SMILES string of the molecule is CCCCCCCCn1ncc2c(Nc3cccc(Br)c3)ncnc21. The number of nitrogens with zero attached hydrogens (tertiary/aromatic N) is 4. The van der Waals surface area contributed by atoms with Crippen LogP contribution >= 0.6 is 15.9 Å². The second-order valence-corrected chi connectivity index (χ2v) is 7.15. The van der Waals surface area contributed by atoms with Gasteiger partial charge in [0.1, 0.15) is 12.1 Å². The highest BCUT2D eigenvalue weighted by atomic mass is 79.9. The molecule has 0 spiro atoms. The lowest BCUT2D eigenvalue weighted by molar-refractivity contribution is 0.535. The number of aromatic nitrogens is 4. The first-order valence-corrected chi connectivity index (χ1v) is 9.76. The second kappa shape index (κ2) is 8.94. The minimum absolute atomic E-state index is 0.789. The van der Waals surface area contributed by atoms with Crippen LogP contribution in [0.15, 0.2) is 41.3 Å². The quantitative estimate of drug-likeness (QED) is 0.467. The number of nitrogens with one attached hydrogen (secondary N) is 1. The molecular weight excluding hydrogens is 378 g/mol. The van der Waals surface area contributed by atoms with Gasteiger partial charge in [0.2, 0.25) is 0 Å². The number of fused-ring (bicyclic) bond motifs is 1. The van der Waals surface area contributed by atoms with Crippen molar-refractivity contribution in [3.05, 3.63) is 41.3 Å². The minimum Gasteiger partial charge on any atom is -0.339 e. The van der Waals surface area contributed by atoms with Crippen LogP contribution in [0.5, 0.6) is 0 Å². The van der Waals surface area contributed by atoms with Crippen LogP contribution in [0.2, 0.25) is 0 Å². The van der Waals surface area contributed by atoms with Gasteiger partial charge < -0.3 is 5.32 Å². The van der Waals surface area contributed by atoms with Gasteiger partial charge in [0.25, 0.3) is 0 Å². The number of unbranched alkanes of at least 4 members (excludes halogenated alkanes) is 5. The molecule has 0 bridgehead atoms.